The van der Waals surface area contributed by atoms with Gasteiger partial charge < -0.3 is 15.0 Å². The van der Waals surface area contributed by atoms with Gasteiger partial charge >= 0.3 is 0 Å². The fourth-order valence-corrected chi connectivity index (χ4v) is 3.75. The Labute approximate surface area is 151 Å². The minimum Gasteiger partial charge on any atom is -0.492 e. The highest BCUT2D eigenvalue weighted by Crippen LogP contribution is 2.24. The maximum Gasteiger partial charge on any atom is 0.265 e. The summed E-state index contributed by atoms with van der Waals surface area (Å²) in [5.41, 5.74) is 5.33. The summed E-state index contributed by atoms with van der Waals surface area (Å²) in [5, 5.41) is 2.01. The highest BCUT2D eigenvalue weighted by molar-refractivity contribution is 7.89. The molecule has 1 heterocycles. The van der Waals surface area contributed by atoms with Crippen molar-refractivity contribution < 1.29 is 17.9 Å². The molecular formula is C18H19N3O4S. The van der Waals surface area contributed by atoms with Crippen molar-refractivity contribution in [3.63, 3.8) is 0 Å². The number of hydrogen-bond donors (Lipinski definition) is 2. The van der Waals surface area contributed by atoms with Crippen molar-refractivity contribution in [1.82, 2.24) is 9.29 Å². The van der Waals surface area contributed by atoms with E-state index in [2.05, 4.69) is 4.72 Å². The Hall–Kier alpha value is -2.84. The van der Waals surface area contributed by atoms with E-state index in [-0.39, 0.29) is 23.7 Å². The summed E-state index contributed by atoms with van der Waals surface area (Å²) in [4.78, 5) is 11.2. The zero-order valence-corrected chi connectivity index (χ0v) is 15.0. The number of aryl methyl sites for hydroxylation is 1. The van der Waals surface area contributed by atoms with Gasteiger partial charge in [-0.05, 0) is 17.5 Å². The summed E-state index contributed by atoms with van der Waals surface area (Å²) in [6.07, 6.45) is 1.34. The third kappa shape index (κ3) is 3.71. The monoisotopic (exact) mass is 373 g/mol. The highest BCUT2D eigenvalue weighted by atomic mass is 32.2. The molecule has 3 N–H and O–H groups in total. The average molecular weight is 373 g/mol. The van der Waals surface area contributed by atoms with Crippen LogP contribution in [0.5, 0.6) is 5.75 Å². The fourth-order valence-electron chi connectivity index (χ4n) is 2.67. The molecule has 0 bridgehead atoms. The van der Waals surface area contributed by atoms with Crippen LogP contribution in [0.25, 0.3) is 10.8 Å². The molecule has 1 amide bonds. The average Bonchev–Trinajstić information content (AvgIpc) is 3.02. The Morgan fingerprint density at radius 1 is 1.19 bits per heavy atom. The number of carbonyl (C=O) groups is 1. The molecule has 0 spiro atoms. The molecule has 0 radical (unpaired) electrons. The van der Waals surface area contributed by atoms with Gasteiger partial charge in [-0.3, -0.25) is 4.79 Å². The topological polar surface area (TPSA) is 103 Å². The number of fused-ring (bicyclic) bond motifs is 1. The summed E-state index contributed by atoms with van der Waals surface area (Å²) in [6, 6.07) is 14.8. The molecule has 26 heavy (non-hydrogen) atoms. The van der Waals surface area contributed by atoms with E-state index in [4.69, 9.17) is 10.5 Å². The third-order valence-electron chi connectivity index (χ3n) is 3.94. The number of amides is 1. The second-order valence-electron chi connectivity index (χ2n) is 5.76. The van der Waals surface area contributed by atoms with E-state index >= 15 is 0 Å². The van der Waals surface area contributed by atoms with Crippen LogP contribution < -0.4 is 15.2 Å². The molecule has 0 unspecified atom stereocenters. The summed E-state index contributed by atoms with van der Waals surface area (Å²) in [7, 11) is -2.19. The smallest absolute Gasteiger partial charge is 0.265 e. The molecule has 1 aromatic heterocycles. The number of hydrogen-bond acceptors (Lipinski definition) is 4. The number of primary amides is 1. The van der Waals surface area contributed by atoms with Crippen molar-refractivity contribution in [2.75, 3.05) is 13.2 Å². The van der Waals surface area contributed by atoms with E-state index in [0.717, 1.165) is 10.8 Å². The summed E-state index contributed by atoms with van der Waals surface area (Å²) < 4.78 is 34.2. The minimum absolute atomic E-state index is 0.0149. The van der Waals surface area contributed by atoms with Crippen molar-refractivity contribution in [2.45, 2.75) is 4.90 Å². The molecule has 0 aliphatic heterocycles. The van der Waals surface area contributed by atoms with Gasteiger partial charge in [0.05, 0.1) is 0 Å². The standard InChI is InChI=1S/C18H19N3O4S/c1-21-12-14(11-16(21)18(19)22)26(23,24)20-9-10-25-17-8-4-6-13-5-2-3-7-15(13)17/h2-8,11-12,20H,9-10H2,1H3,(H2,19,22). The lowest BCUT2D eigenvalue weighted by Crippen LogP contribution is -2.28. The van der Waals surface area contributed by atoms with Crippen LogP contribution in [-0.4, -0.2) is 32.0 Å². The maximum atomic E-state index is 12.3. The largest absolute Gasteiger partial charge is 0.492 e. The van der Waals surface area contributed by atoms with E-state index in [1.165, 1.54) is 16.8 Å². The lowest BCUT2D eigenvalue weighted by Gasteiger charge is -2.10. The molecule has 136 valence electrons. The van der Waals surface area contributed by atoms with Crippen LogP contribution in [0.1, 0.15) is 10.5 Å². The Morgan fingerprint density at radius 2 is 1.92 bits per heavy atom. The molecular weight excluding hydrogens is 354 g/mol. The first-order chi connectivity index (χ1) is 12.4. The van der Waals surface area contributed by atoms with Gasteiger partial charge in [0.2, 0.25) is 10.0 Å². The van der Waals surface area contributed by atoms with E-state index in [1.807, 2.05) is 42.5 Å². The van der Waals surface area contributed by atoms with Crippen LogP contribution in [0, 0.1) is 0 Å². The van der Waals surface area contributed by atoms with E-state index in [0.29, 0.717) is 5.75 Å². The van der Waals surface area contributed by atoms with Gasteiger partial charge in [0.1, 0.15) is 22.9 Å². The zero-order valence-electron chi connectivity index (χ0n) is 14.2. The van der Waals surface area contributed by atoms with Crippen molar-refractivity contribution >= 4 is 26.7 Å². The first-order valence-corrected chi connectivity index (χ1v) is 9.43. The third-order valence-corrected chi connectivity index (χ3v) is 5.37. The van der Waals surface area contributed by atoms with Crippen LogP contribution in [0.3, 0.4) is 0 Å². The number of benzene rings is 2. The number of rotatable bonds is 7. The Bertz CT molecular complexity index is 1050. The molecule has 0 saturated heterocycles. The highest BCUT2D eigenvalue weighted by Gasteiger charge is 2.19. The number of carbonyl (C=O) groups excluding carboxylic acids is 1. The predicted molar refractivity (Wildman–Crippen MR) is 98.6 cm³/mol. The molecule has 0 atom stereocenters. The van der Waals surface area contributed by atoms with Crippen LogP contribution in [0.2, 0.25) is 0 Å². The molecule has 0 fully saturated rings. The molecule has 3 rings (SSSR count). The fraction of sp³-hybridized carbons (Fsp3) is 0.167. The van der Waals surface area contributed by atoms with Gasteiger partial charge in [-0.2, -0.15) is 0 Å². The molecule has 2 aromatic carbocycles. The van der Waals surface area contributed by atoms with E-state index in [9.17, 15) is 13.2 Å². The molecule has 3 aromatic rings. The van der Waals surface area contributed by atoms with E-state index in [1.54, 1.807) is 7.05 Å². The Balaban J connectivity index is 1.64. The van der Waals surface area contributed by atoms with Gasteiger partial charge in [0.15, 0.2) is 0 Å². The van der Waals surface area contributed by atoms with Gasteiger partial charge in [-0.1, -0.05) is 36.4 Å². The summed E-state index contributed by atoms with van der Waals surface area (Å²) >= 11 is 0. The Morgan fingerprint density at radius 3 is 2.65 bits per heavy atom. The summed E-state index contributed by atoms with van der Waals surface area (Å²) in [5.74, 6) is 0.00580. The number of nitrogens with two attached hydrogens (primary N) is 1. The van der Waals surface area contributed by atoms with Crippen LogP contribution in [0.4, 0.5) is 0 Å². The number of sulfonamides is 1. The van der Waals surface area contributed by atoms with E-state index < -0.39 is 15.9 Å². The normalized spacial score (nSPS) is 11.6. The van der Waals surface area contributed by atoms with Gasteiger partial charge in [0.25, 0.3) is 5.91 Å². The second kappa shape index (κ2) is 7.19. The van der Waals surface area contributed by atoms with Gasteiger partial charge in [0, 0.05) is 25.2 Å². The number of nitrogens with one attached hydrogen (secondary N) is 1. The van der Waals surface area contributed by atoms with Crippen LogP contribution in [0.15, 0.2) is 59.6 Å². The first kappa shape index (κ1) is 18.0. The van der Waals surface area contributed by atoms with Crippen LogP contribution in [-0.2, 0) is 17.1 Å². The zero-order chi connectivity index (χ0) is 18.7. The predicted octanol–water partition coefficient (Wildman–Crippen LogP) is 1.63. The second-order valence-corrected chi connectivity index (χ2v) is 7.53. The maximum absolute atomic E-state index is 12.3. The quantitative estimate of drug-likeness (QED) is 0.614. The number of ether oxygens (including phenoxy) is 1. The van der Waals surface area contributed by atoms with Crippen molar-refractivity contribution in [1.29, 1.82) is 0 Å². The lowest BCUT2D eigenvalue weighted by molar-refractivity contribution is 0.0992. The van der Waals surface area contributed by atoms with Gasteiger partial charge in [-0.25, -0.2) is 13.1 Å². The molecule has 0 aliphatic rings. The van der Waals surface area contributed by atoms with Crippen molar-refractivity contribution in [3.8, 4) is 5.75 Å². The summed E-state index contributed by atoms with van der Waals surface area (Å²) in [6.45, 7) is 0.259. The first-order valence-electron chi connectivity index (χ1n) is 7.95. The van der Waals surface area contributed by atoms with Crippen molar-refractivity contribution in [2.24, 2.45) is 12.8 Å². The lowest BCUT2D eigenvalue weighted by atomic mass is 10.1. The number of aromatic nitrogens is 1. The SMILES string of the molecule is Cn1cc(S(=O)(=O)NCCOc2cccc3ccccc23)cc1C(N)=O. The van der Waals surface area contributed by atoms with Gasteiger partial charge in [-0.15, -0.1) is 0 Å². The molecule has 0 saturated carbocycles. The Kier molecular flexibility index (Phi) is 4.97. The number of nitrogens with zero attached hydrogens (tertiary/aromatic N) is 1. The minimum atomic E-state index is -3.75. The molecule has 8 heteroatoms. The van der Waals surface area contributed by atoms with Crippen molar-refractivity contribution in [3.05, 3.63) is 60.4 Å². The molecule has 7 nitrogen and oxygen atoms in total. The van der Waals surface area contributed by atoms with Crippen LogP contribution >= 0.6 is 0 Å². The molecule has 0 aliphatic carbocycles.